The SMILES string of the molecule is COc1cc(C)cc2cc(-c3cc(CN4CCC(N)C4)n4ncnc(N)c34)sc12. The Morgan fingerprint density at radius 3 is 2.90 bits per heavy atom. The van der Waals surface area contributed by atoms with Crippen molar-refractivity contribution in [1.29, 1.82) is 0 Å². The van der Waals surface area contributed by atoms with Crippen LogP contribution in [0.5, 0.6) is 5.75 Å². The molecule has 3 aromatic heterocycles. The predicted octanol–water partition coefficient (Wildman–Crippen LogP) is 3.04. The number of aromatic nitrogens is 3. The van der Waals surface area contributed by atoms with Crippen molar-refractivity contribution in [2.75, 3.05) is 25.9 Å². The number of likely N-dealkylation sites (tertiary alicyclic amines) is 1. The van der Waals surface area contributed by atoms with Crippen LogP contribution in [0.3, 0.4) is 0 Å². The maximum atomic E-state index is 6.29. The van der Waals surface area contributed by atoms with Gasteiger partial charge in [0.05, 0.1) is 17.5 Å². The summed E-state index contributed by atoms with van der Waals surface area (Å²) in [6.07, 6.45) is 2.55. The molecule has 8 heteroatoms. The van der Waals surface area contributed by atoms with Gasteiger partial charge < -0.3 is 16.2 Å². The summed E-state index contributed by atoms with van der Waals surface area (Å²) in [5, 5.41) is 5.67. The van der Waals surface area contributed by atoms with Crippen LogP contribution in [0, 0.1) is 6.92 Å². The fourth-order valence-corrected chi connectivity index (χ4v) is 5.37. The van der Waals surface area contributed by atoms with E-state index >= 15 is 0 Å². The highest BCUT2D eigenvalue weighted by Gasteiger charge is 2.23. The van der Waals surface area contributed by atoms with Crippen molar-refractivity contribution >= 4 is 32.8 Å². The molecular weight excluding hydrogens is 384 g/mol. The third-order valence-electron chi connectivity index (χ3n) is 5.56. The number of benzene rings is 1. The maximum Gasteiger partial charge on any atom is 0.152 e. The van der Waals surface area contributed by atoms with E-state index in [4.69, 9.17) is 16.2 Å². The predicted molar refractivity (Wildman–Crippen MR) is 117 cm³/mol. The molecule has 1 atom stereocenters. The lowest BCUT2D eigenvalue weighted by atomic mass is 10.1. The summed E-state index contributed by atoms with van der Waals surface area (Å²) in [6, 6.07) is 8.89. The number of aryl methyl sites for hydroxylation is 1. The van der Waals surface area contributed by atoms with Crippen LogP contribution in [-0.4, -0.2) is 45.7 Å². The number of anilines is 1. The van der Waals surface area contributed by atoms with E-state index in [1.807, 2.05) is 4.52 Å². The number of hydrogen-bond donors (Lipinski definition) is 2. The Morgan fingerprint density at radius 1 is 1.28 bits per heavy atom. The Labute approximate surface area is 172 Å². The first-order valence-corrected chi connectivity index (χ1v) is 10.5. The molecular formula is C21H24N6OS. The average Bonchev–Trinajstić information content (AvgIpc) is 3.39. The van der Waals surface area contributed by atoms with Gasteiger partial charge in [-0.1, -0.05) is 6.07 Å². The number of thiophene rings is 1. The average molecular weight is 409 g/mol. The monoisotopic (exact) mass is 408 g/mol. The quantitative estimate of drug-likeness (QED) is 0.539. The minimum Gasteiger partial charge on any atom is -0.495 e. The van der Waals surface area contributed by atoms with Crippen molar-refractivity contribution in [2.24, 2.45) is 5.73 Å². The van der Waals surface area contributed by atoms with E-state index in [2.05, 4.69) is 46.2 Å². The molecule has 1 aliphatic rings. The summed E-state index contributed by atoms with van der Waals surface area (Å²) in [6.45, 7) is 4.78. The van der Waals surface area contributed by atoms with Crippen LogP contribution < -0.4 is 16.2 Å². The second-order valence-corrected chi connectivity index (χ2v) is 8.79. The van der Waals surface area contributed by atoms with E-state index in [-0.39, 0.29) is 6.04 Å². The maximum absolute atomic E-state index is 6.29. The smallest absolute Gasteiger partial charge is 0.152 e. The van der Waals surface area contributed by atoms with Crippen molar-refractivity contribution < 1.29 is 4.74 Å². The van der Waals surface area contributed by atoms with Gasteiger partial charge >= 0.3 is 0 Å². The number of ether oxygens (including phenoxy) is 1. The number of nitrogens with two attached hydrogens (primary N) is 2. The lowest BCUT2D eigenvalue weighted by Crippen LogP contribution is -2.26. The summed E-state index contributed by atoms with van der Waals surface area (Å²) in [5.74, 6) is 1.38. The summed E-state index contributed by atoms with van der Waals surface area (Å²) in [7, 11) is 1.71. The van der Waals surface area contributed by atoms with Crippen LogP contribution in [-0.2, 0) is 6.54 Å². The van der Waals surface area contributed by atoms with Crippen molar-refractivity contribution in [2.45, 2.75) is 25.9 Å². The van der Waals surface area contributed by atoms with Crippen molar-refractivity contribution in [3.8, 4) is 16.2 Å². The van der Waals surface area contributed by atoms with Gasteiger partial charge in [0.15, 0.2) is 5.82 Å². The van der Waals surface area contributed by atoms with Gasteiger partial charge in [0.25, 0.3) is 0 Å². The van der Waals surface area contributed by atoms with Crippen LogP contribution >= 0.6 is 11.3 Å². The van der Waals surface area contributed by atoms with E-state index in [1.54, 1.807) is 18.4 Å². The fourth-order valence-electron chi connectivity index (χ4n) is 4.22. The summed E-state index contributed by atoms with van der Waals surface area (Å²) in [4.78, 5) is 7.74. The molecule has 7 nitrogen and oxygen atoms in total. The number of rotatable bonds is 4. The lowest BCUT2D eigenvalue weighted by molar-refractivity contribution is 0.320. The van der Waals surface area contributed by atoms with E-state index in [9.17, 15) is 0 Å². The molecule has 150 valence electrons. The highest BCUT2D eigenvalue weighted by atomic mass is 32.1. The molecule has 0 saturated carbocycles. The Bertz CT molecular complexity index is 1210. The van der Waals surface area contributed by atoms with Gasteiger partial charge in [0.2, 0.25) is 0 Å². The fraction of sp³-hybridized carbons (Fsp3) is 0.333. The second-order valence-electron chi connectivity index (χ2n) is 7.74. The molecule has 0 bridgehead atoms. The molecule has 4 aromatic rings. The van der Waals surface area contributed by atoms with Crippen molar-refractivity contribution in [1.82, 2.24) is 19.5 Å². The number of nitrogen functional groups attached to an aromatic ring is 1. The van der Waals surface area contributed by atoms with Gasteiger partial charge in [-0.3, -0.25) is 4.90 Å². The Morgan fingerprint density at radius 2 is 2.14 bits per heavy atom. The summed E-state index contributed by atoms with van der Waals surface area (Å²) < 4.78 is 8.67. The first-order valence-electron chi connectivity index (χ1n) is 9.71. The van der Waals surface area contributed by atoms with Gasteiger partial charge in [0.1, 0.15) is 17.6 Å². The molecule has 1 fully saturated rings. The Balaban J connectivity index is 1.66. The van der Waals surface area contributed by atoms with E-state index in [0.717, 1.165) is 58.2 Å². The molecule has 0 radical (unpaired) electrons. The van der Waals surface area contributed by atoms with Crippen molar-refractivity contribution in [3.05, 3.63) is 41.9 Å². The van der Waals surface area contributed by atoms with E-state index < -0.39 is 0 Å². The standard InChI is InChI=1S/C21H24N6OS/c1-12-5-13-7-18(29-20(13)17(6-12)28-2)16-8-15(10-26-4-3-14(22)9-26)27-19(16)21(23)24-11-25-27/h5-8,11,14H,3-4,9-10,22H2,1-2H3,(H2,23,24,25). The number of nitrogens with zero attached hydrogens (tertiary/aromatic N) is 4. The topological polar surface area (TPSA) is 94.7 Å². The summed E-state index contributed by atoms with van der Waals surface area (Å²) in [5.41, 5.74) is 16.6. The zero-order chi connectivity index (χ0) is 20.1. The van der Waals surface area contributed by atoms with Gasteiger partial charge in [-0.05, 0) is 42.5 Å². The first-order chi connectivity index (χ1) is 14.0. The summed E-state index contributed by atoms with van der Waals surface area (Å²) >= 11 is 1.71. The van der Waals surface area contributed by atoms with Gasteiger partial charge in [-0.15, -0.1) is 11.3 Å². The highest BCUT2D eigenvalue weighted by Crippen LogP contribution is 2.42. The largest absolute Gasteiger partial charge is 0.495 e. The van der Waals surface area contributed by atoms with Crippen LogP contribution in [0.25, 0.3) is 26.0 Å². The van der Waals surface area contributed by atoms with Crippen molar-refractivity contribution in [3.63, 3.8) is 0 Å². The number of fused-ring (bicyclic) bond motifs is 2. The third-order valence-corrected chi connectivity index (χ3v) is 6.76. The van der Waals surface area contributed by atoms with E-state index in [0.29, 0.717) is 5.82 Å². The molecule has 0 amide bonds. The second kappa shape index (κ2) is 6.98. The zero-order valence-electron chi connectivity index (χ0n) is 16.6. The molecule has 4 heterocycles. The van der Waals surface area contributed by atoms with Gasteiger partial charge in [-0.2, -0.15) is 5.10 Å². The molecule has 1 unspecified atom stereocenters. The Kier molecular flexibility index (Phi) is 4.42. The minimum absolute atomic E-state index is 0.249. The molecule has 29 heavy (non-hydrogen) atoms. The van der Waals surface area contributed by atoms with Gasteiger partial charge in [0, 0.05) is 36.1 Å². The molecule has 1 aromatic carbocycles. The molecule has 1 aliphatic heterocycles. The van der Waals surface area contributed by atoms with Crippen LogP contribution in [0.2, 0.25) is 0 Å². The molecule has 0 aliphatic carbocycles. The molecule has 0 spiro atoms. The van der Waals surface area contributed by atoms with Crippen LogP contribution in [0.4, 0.5) is 5.82 Å². The molecule has 1 saturated heterocycles. The normalized spacial score (nSPS) is 17.6. The number of methoxy groups -OCH3 is 1. The molecule has 4 N–H and O–H groups in total. The first kappa shape index (κ1) is 18.4. The highest BCUT2D eigenvalue weighted by molar-refractivity contribution is 7.22. The van der Waals surface area contributed by atoms with Crippen LogP contribution in [0.1, 0.15) is 17.7 Å². The lowest BCUT2D eigenvalue weighted by Gasteiger charge is -2.14. The molecule has 5 rings (SSSR count). The Hall–Kier alpha value is -2.68. The van der Waals surface area contributed by atoms with Crippen LogP contribution in [0.15, 0.2) is 30.6 Å². The van der Waals surface area contributed by atoms with Gasteiger partial charge in [-0.25, -0.2) is 9.50 Å². The van der Waals surface area contributed by atoms with E-state index in [1.165, 1.54) is 17.3 Å². The third kappa shape index (κ3) is 3.13. The number of hydrogen-bond acceptors (Lipinski definition) is 7. The minimum atomic E-state index is 0.249. The zero-order valence-corrected chi connectivity index (χ0v) is 17.4.